The zero-order valence-corrected chi connectivity index (χ0v) is 7.59. The molecular formula is C8H16N4. The van der Waals surface area contributed by atoms with Gasteiger partial charge in [-0.15, -0.1) is 0 Å². The van der Waals surface area contributed by atoms with Gasteiger partial charge in [0.25, 0.3) is 0 Å². The summed E-state index contributed by atoms with van der Waals surface area (Å²) >= 11 is 0. The van der Waals surface area contributed by atoms with Crippen LogP contribution in [0.2, 0.25) is 0 Å². The molecule has 0 saturated heterocycles. The zero-order valence-electron chi connectivity index (χ0n) is 7.59. The Kier molecular flexibility index (Phi) is 4.96. The summed E-state index contributed by atoms with van der Waals surface area (Å²) in [5.74, 6) is 0.292. The van der Waals surface area contributed by atoms with Gasteiger partial charge < -0.3 is 11.1 Å². The normalized spacial score (nSPS) is 13.8. The van der Waals surface area contributed by atoms with E-state index in [1.807, 2.05) is 6.92 Å². The highest BCUT2D eigenvalue weighted by molar-refractivity contribution is 6.08. The summed E-state index contributed by atoms with van der Waals surface area (Å²) in [6, 6.07) is -0.442. The Hall–Kier alpha value is -1.16. The summed E-state index contributed by atoms with van der Waals surface area (Å²) in [5, 5.41) is 10.3. The second kappa shape index (κ2) is 5.49. The third kappa shape index (κ3) is 3.30. The Balaban J connectivity index is 4.18. The van der Waals surface area contributed by atoms with Gasteiger partial charge in [0.2, 0.25) is 0 Å². The van der Waals surface area contributed by atoms with Crippen LogP contribution in [0, 0.1) is 5.41 Å². The molecule has 0 aromatic rings. The molecule has 0 amide bonds. The number of amidine groups is 1. The van der Waals surface area contributed by atoms with E-state index >= 15 is 0 Å². The predicted molar refractivity (Wildman–Crippen MR) is 52.7 cm³/mol. The molecule has 68 valence electrons. The fraction of sp³-hybridized carbons (Fsp3) is 0.500. The highest BCUT2D eigenvalue weighted by Gasteiger charge is 2.10. The number of nitrogens with two attached hydrogens (primary N) is 1. The number of nitrogens with one attached hydrogen (secondary N) is 2. The second-order valence-electron chi connectivity index (χ2n) is 2.37. The van der Waals surface area contributed by atoms with Gasteiger partial charge in [-0.1, -0.05) is 6.58 Å². The highest BCUT2D eigenvalue weighted by atomic mass is 15.0. The molecule has 0 fully saturated rings. The van der Waals surface area contributed by atoms with E-state index in [9.17, 15) is 0 Å². The van der Waals surface area contributed by atoms with Crippen LogP contribution in [0.1, 0.15) is 13.8 Å². The average Bonchev–Trinajstić information content (AvgIpc) is 2.04. The van der Waals surface area contributed by atoms with E-state index in [0.717, 1.165) is 0 Å². The molecule has 0 aliphatic heterocycles. The second-order valence-corrected chi connectivity index (χ2v) is 2.37. The molecule has 4 nitrogen and oxygen atoms in total. The standard InChI is InChI=1S/C8H16N4/c1-4-11-6(3)7(9)8(10)12-5-2/h4,7H,1,5,9H2,2-3H3,(H2,10,12)/b11-6+/t7-/m1/s1. The van der Waals surface area contributed by atoms with Gasteiger partial charge in [-0.2, -0.15) is 0 Å². The number of hydrogen-bond acceptors (Lipinski definition) is 3. The van der Waals surface area contributed by atoms with Crippen molar-refractivity contribution in [3.05, 3.63) is 12.8 Å². The van der Waals surface area contributed by atoms with E-state index in [1.165, 1.54) is 6.20 Å². The molecule has 12 heavy (non-hydrogen) atoms. The summed E-state index contributed by atoms with van der Waals surface area (Å²) in [6.07, 6.45) is 1.43. The molecule has 4 N–H and O–H groups in total. The van der Waals surface area contributed by atoms with Crippen LogP contribution in [-0.2, 0) is 0 Å². The van der Waals surface area contributed by atoms with Crippen LogP contribution in [0.25, 0.3) is 0 Å². The molecular weight excluding hydrogens is 152 g/mol. The molecule has 0 bridgehead atoms. The van der Waals surface area contributed by atoms with Crippen molar-refractivity contribution in [2.75, 3.05) is 6.54 Å². The fourth-order valence-electron chi connectivity index (χ4n) is 0.734. The van der Waals surface area contributed by atoms with Crippen LogP contribution in [0.15, 0.2) is 17.8 Å². The number of aliphatic imine (C=N–C) groups is 1. The molecule has 0 saturated carbocycles. The molecule has 4 heteroatoms. The molecule has 0 aromatic heterocycles. The van der Waals surface area contributed by atoms with Crippen LogP contribution in [0.3, 0.4) is 0 Å². The molecule has 0 radical (unpaired) electrons. The lowest BCUT2D eigenvalue weighted by molar-refractivity contribution is 0.904. The predicted octanol–water partition coefficient (Wildman–Crippen LogP) is 0.505. The van der Waals surface area contributed by atoms with Gasteiger partial charge in [-0.3, -0.25) is 10.4 Å². The van der Waals surface area contributed by atoms with Crippen molar-refractivity contribution in [3.8, 4) is 0 Å². The van der Waals surface area contributed by atoms with E-state index < -0.39 is 6.04 Å². The maximum absolute atomic E-state index is 7.45. The Morgan fingerprint density at radius 3 is 2.83 bits per heavy atom. The Bertz CT molecular complexity index is 195. The first kappa shape index (κ1) is 10.8. The molecule has 0 aromatic carbocycles. The van der Waals surface area contributed by atoms with Gasteiger partial charge in [0.05, 0.1) is 0 Å². The lowest BCUT2D eigenvalue weighted by atomic mass is 10.2. The molecule has 0 heterocycles. The molecule has 0 spiro atoms. The van der Waals surface area contributed by atoms with E-state index in [4.69, 9.17) is 11.1 Å². The number of nitrogens with zero attached hydrogens (tertiary/aromatic N) is 1. The summed E-state index contributed by atoms with van der Waals surface area (Å²) < 4.78 is 0. The van der Waals surface area contributed by atoms with E-state index in [0.29, 0.717) is 18.1 Å². The molecule has 1 atom stereocenters. The lowest BCUT2D eigenvalue weighted by Gasteiger charge is -2.12. The summed E-state index contributed by atoms with van der Waals surface area (Å²) in [4.78, 5) is 3.90. The van der Waals surface area contributed by atoms with Crippen molar-refractivity contribution in [1.29, 1.82) is 5.41 Å². The third-order valence-corrected chi connectivity index (χ3v) is 1.42. The lowest BCUT2D eigenvalue weighted by Crippen LogP contribution is -2.44. The highest BCUT2D eigenvalue weighted by Crippen LogP contribution is 1.87. The number of hydrogen-bond donors (Lipinski definition) is 3. The minimum absolute atomic E-state index is 0.292. The van der Waals surface area contributed by atoms with Crippen molar-refractivity contribution in [2.45, 2.75) is 19.9 Å². The maximum Gasteiger partial charge on any atom is 0.116 e. The van der Waals surface area contributed by atoms with Crippen LogP contribution < -0.4 is 11.1 Å². The number of likely N-dealkylation sites (N-methyl/N-ethyl adjacent to an activating group) is 1. The minimum atomic E-state index is -0.442. The first-order valence-corrected chi connectivity index (χ1v) is 3.86. The van der Waals surface area contributed by atoms with Crippen molar-refractivity contribution in [2.24, 2.45) is 10.7 Å². The third-order valence-electron chi connectivity index (χ3n) is 1.42. The number of rotatable bonds is 4. The quantitative estimate of drug-likeness (QED) is 0.422. The van der Waals surface area contributed by atoms with Gasteiger partial charge in [0.15, 0.2) is 0 Å². The van der Waals surface area contributed by atoms with Crippen molar-refractivity contribution >= 4 is 11.5 Å². The van der Waals surface area contributed by atoms with Gasteiger partial charge in [0.1, 0.15) is 11.9 Å². The van der Waals surface area contributed by atoms with Crippen molar-refractivity contribution in [1.82, 2.24) is 5.32 Å². The Morgan fingerprint density at radius 1 is 1.83 bits per heavy atom. The van der Waals surface area contributed by atoms with Gasteiger partial charge >= 0.3 is 0 Å². The van der Waals surface area contributed by atoms with Crippen LogP contribution >= 0.6 is 0 Å². The van der Waals surface area contributed by atoms with Crippen LogP contribution in [0.4, 0.5) is 0 Å². The Labute approximate surface area is 73.1 Å². The van der Waals surface area contributed by atoms with E-state index in [1.54, 1.807) is 6.92 Å². The van der Waals surface area contributed by atoms with Crippen molar-refractivity contribution < 1.29 is 0 Å². The molecule has 0 aliphatic carbocycles. The maximum atomic E-state index is 7.45. The van der Waals surface area contributed by atoms with Crippen LogP contribution in [0.5, 0.6) is 0 Å². The largest absolute Gasteiger partial charge is 0.373 e. The topological polar surface area (TPSA) is 74.3 Å². The monoisotopic (exact) mass is 168 g/mol. The first-order chi connectivity index (χ1) is 5.63. The minimum Gasteiger partial charge on any atom is -0.373 e. The molecule has 0 rings (SSSR count). The van der Waals surface area contributed by atoms with Gasteiger partial charge in [0, 0.05) is 18.5 Å². The summed E-state index contributed by atoms with van der Waals surface area (Å²) in [5.41, 5.74) is 6.36. The van der Waals surface area contributed by atoms with E-state index in [-0.39, 0.29) is 0 Å². The SMILES string of the molecule is C=C/N=C(\C)[C@@H](N)C(=N)NCC. The molecule has 0 unspecified atom stereocenters. The van der Waals surface area contributed by atoms with Gasteiger partial charge in [-0.25, -0.2) is 0 Å². The van der Waals surface area contributed by atoms with Gasteiger partial charge in [-0.05, 0) is 13.8 Å². The smallest absolute Gasteiger partial charge is 0.116 e. The van der Waals surface area contributed by atoms with Crippen LogP contribution in [-0.4, -0.2) is 24.1 Å². The first-order valence-electron chi connectivity index (χ1n) is 3.86. The summed E-state index contributed by atoms with van der Waals surface area (Å²) in [7, 11) is 0. The molecule has 0 aliphatic rings. The Morgan fingerprint density at radius 2 is 2.42 bits per heavy atom. The summed E-state index contributed by atoms with van der Waals surface area (Å²) in [6.45, 7) is 7.85. The zero-order chi connectivity index (χ0) is 9.56. The van der Waals surface area contributed by atoms with Crippen molar-refractivity contribution in [3.63, 3.8) is 0 Å². The average molecular weight is 168 g/mol. The fourth-order valence-corrected chi connectivity index (χ4v) is 0.734. The van der Waals surface area contributed by atoms with E-state index in [2.05, 4.69) is 16.9 Å².